The van der Waals surface area contributed by atoms with E-state index in [-0.39, 0.29) is 11.0 Å². The molecule has 0 saturated carbocycles. The second-order valence-corrected chi connectivity index (χ2v) is 5.93. The Balaban J connectivity index is 2.54. The molecule has 1 rings (SSSR count). The number of nitrogens with zero attached hydrogens (tertiary/aromatic N) is 1. The third-order valence-electron chi connectivity index (χ3n) is 2.11. The number of pyridine rings is 1. The highest BCUT2D eigenvalue weighted by atomic mass is 127. The van der Waals surface area contributed by atoms with Crippen LogP contribution in [-0.2, 0) is 4.79 Å². The van der Waals surface area contributed by atoms with Crippen molar-refractivity contribution in [2.24, 2.45) is 5.92 Å². The predicted octanol–water partition coefficient (Wildman–Crippen LogP) is 2.85. The number of carbonyl (C=O) groups excluding carboxylic acids is 1. The fraction of sp³-hybridized carbons (Fsp3) is 0.417. The van der Waals surface area contributed by atoms with Gasteiger partial charge in [-0.2, -0.15) is 0 Å². The topological polar surface area (TPSA) is 54.0 Å². The monoisotopic (exact) mass is 377 g/mol. The van der Waals surface area contributed by atoms with Crippen molar-refractivity contribution in [3.05, 3.63) is 21.4 Å². The van der Waals surface area contributed by atoms with Gasteiger partial charge in [-0.15, -0.1) is 0 Å². The summed E-state index contributed by atoms with van der Waals surface area (Å²) in [7, 11) is 0. The maximum absolute atomic E-state index is 11.5. The van der Waals surface area contributed by atoms with Gasteiger partial charge in [0.2, 0.25) is 5.91 Å². The summed E-state index contributed by atoms with van der Waals surface area (Å²) in [6.07, 6.45) is 0.459. The summed E-state index contributed by atoms with van der Waals surface area (Å²) < 4.78 is 1.09. The van der Waals surface area contributed by atoms with Gasteiger partial charge in [-0.3, -0.25) is 4.79 Å². The number of amides is 1. The molecule has 4 nitrogen and oxygen atoms in total. The molecule has 1 aromatic heterocycles. The van der Waals surface area contributed by atoms with Crippen molar-refractivity contribution < 1.29 is 4.79 Å². The molecule has 0 aromatic carbocycles. The number of aromatic nitrogens is 1. The van der Waals surface area contributed by atoms with E-state index in [0.717, 1.165) is 9.26 Å². The number of thiocarbonyl (C=S) groups is 1. The lowest BCUT2D eigenvalue weighted by Crippen LogP contribution is -2.34. The normalized spacial score (nSPS) is 10.3. The molecule has 2 N–H and O–H groups in total. The number of aryl methyl sites for hydroxylation is 1. The van der Waals surface area contributed by atoms with Crippen molar-refractivity contribution in [2.45, 2.75) is 27.2 Å². The Morgan fingerprint density at radius 2 is 2.17 bits per heavy atom. The maximum atomic E-state index is 11.5. The highest BCUT2D eigenvalue weighted by Gasteiger charge is 2.07. The molecule has 0 fully saturated rings. The van der Waals surface area contributed by atoms with E-state index in [9.17, 15) is 4.79 Å². The Labute approximate surface area is 126 Å². The molecule has 0 aliphatic carbocycles. The SMILES string of the molecule is Cc1nc(NC(=S)NC(=O)CC(C)C)ccc1I. The van der Waals surface area contributed by atoms with E-state index in [1.54, 1.807) is 0 Å². The first-order chi connectivity index (χ1) is 8.38. The van der Waals surface area contributed by atoms with Gasteiger partial charge < -0.3 is 10.6 Å². The van der Waals surface area contributed by atoms with Crippen molar-refractivity contribution in [3.8, 4) is 0 Å². The molecule has 0 spiro atoms. The highest BCUT2D eigenvalue weighted by molar-refractivity contribution is 14.1. The van der Waals surface area contributed by atoms with E-state index >= 15 is 0 Å². The van der Waals surface area contributed by atoms with Crippen LogP contribution in [0.1, 0.15) is 26.0 Å². The maximum Gasteiger partial charge on any atom is 0.226 e. The molecule has 1 amide bonds. The van der Waals surface area contributed by atoms with Gasteiger partial charge in [0.1, 0.15) is 5.82 Å². The van der Waals surface area contributed by atoms with Crippen molar-refractivity contribution >= 4 is 51.6 Å². The number of nitrogens with one attached hydrogen (secondary N) is 2. The van der Waals surface area contributed by atoms with Crippen LogP contribution in [0.15, 0.2) is 12.1 Å². The second kappa shape index (κ2) is 6.98. The number of halogens is 1. The Morgan fingerprint density at radius 3 is 2.72 bits per heavy atom. The average Bonchev–Trinajstić information content (AvgIpc) is 2.21. The molecule has 0 radical (unpaired) electrons. The molecule has 1 heterocycles. The molecule has 0 unspecified atom stereocenters. The van der Waals surface area contributed by atoms with Crippen LogP contribution < -0.4 is 10.6 Å². The van der Waals surface area contributed by atoms with Crippen LogP contribution in [-0.4, -0.2) is 16.0 Å². The summed E-state index contributed by atoms with van der Waals surface area (Å²) in [6, 6.07) is 3.78. The van der Waals surface area contributed by atoms with E-state index in [4.69, 9.17) is 12.2 Å². The van der Waals surface area contributed by atoms with E-state index < -0.39 is 0 Å². The zero-order valence-corrected chi connectivity index (χ0v) is 13.6. The Bertz CT molecular complexity index is 463. The number of carbonyl (C=O) groups is 1. The fourth-order valence-electron chi connectivity index (χ4n) is 1.31. The zero-order valence-electron chi connectivity index (χ0n) is 10.6. The number of rotatable bonds is 3. The molecular formula is C12H16IN3OS. The van der Waals surface area contributed by atoms with Crippen molar-refractivity contribution in [3.63, 3.8) is 0 Å². The van der Waals surface area contributed by atoms with Gasteiger partial charge in [0.25, 0.3) is 0 Å². The van der Waals surface area contributed by atoms with Crippen molar-refractivity contribution in [1.82, 2.24) is 10.3 Å². The average molecular weight is 377 g/mol. The Kier molecular flexibility index (Phi) is 5.94. The summed E-state index contributed by atoms with van der Waals surface area (Å²) in [5, 5.41) is 5.82. The van der Waals surface area contributed by atoms with E-state index in [0.29, 0.717) is 18.2 Å². The van der Waals surface area contributed by atoms with Crippen LogP contribution in [0.5, 0.6) is 0 Å². The van der Waals surface area contributed by atoms with Gasteiger partial charge in [-0.05, 0) is 59.8 Å². The van der Waals surface area contributed by atoms with E-state index in [1.807, 2.05) is 32.9 Å². The lowest BCUT2D eigenvalue weighted by molar-refractivity contribution is -0.120. The molecule has 0 aliphatic rings. The summed E-state index contributed by atoms with van der Waals surface area (Å²) >= 11 is 7.27. The first-order valence-corrected chi connectivity index (χ1v) is 7.11. The van der Waals surface area contributed by atoms with Crippen LogP contribution in [0.25, 0.3) is 0 Å². The Morgan fingerprint density at radius 1 is 1.50 bits per heavy atom. The van der Waals surface area contributed by atoms with Crippen LogP contribution in [0.2, 0.25) is 0 Å². The molecule has 98 valence electrons. The molecule has 18 heavy (non-hydrogen) atoms. The number of hydrogen-bond acceptors (Lipinski definition) is 3. The van der Waals surface area contributed by atoms with Gasteiger partial charge in [-0.25, -0.2) is 4.98 Å². The molecule has 6 heteroatoms. The molecular weight excluding hydrogens is 361 g/mol. The lowest BCUT2D eigenvalue weighted by atomic mass is 10.1. The van der Waals surface area contributed by atoms with E-state index in [2.05, 4.69) is 38.2 Å². The van der Waals surface area contributed by atoms with Crippen LogP contribution >= 0.6 is 34.8 Å². The minimum Gasteiger partial charge on any atom is -0.317 e. The number of hydrogen-bond donors (Lipinski definition) is 2. The smallest absolute Gasteiger partial charge is 0.226 e. The van der Waals surface area contributed by atoms with Crippen LogP contribution in [0.3, 0.4) is 0 Å². The van der Waals surface area contributed by atoms with Gasteiger partial charge in [-0.1, -0.05) is 13.8 Å². The summed E-state index contributed by atoms with van der Waals surface area (Å²) in [4.78, 5) is 15.8. The first-order valence-electron chi connectivity index (χ1n) is 5.62. The predicted molar refractivity (Wildman–Crippen MR) is 85.5 cm³/mol. The van der Waals surface area contributed by atoms with Crippen LogP contribution in [0, 0.1) is 16.4 Å². The van der Waals surface area contributed by atoms with E-state index in [1.165, 1.54) is 0 Å². The highest BCUT2D eigenvalue weighted by Crippen LogP contribution is 2.12. The quantitative estimate of drug-likeness (QED) is 0.629. The minimum absolute atomic E-state index is 0.0790. The summed E-state index contributed by atoms with van der Waals surface area (Å²) in [5.41, 5.74) is 0.928. The fourth-order valence-corrected chi connectivity index (χ4v) is 1.83. The van der Waals surface area contributed by atoms with Gasteiger partial charge >= 0.3 is 0 Å². The van der Waals surface area contributed by atoms with Gasteiger partial charge in [0.15, 0.2) is 5.11 Å². The lowest BCUT2D eigenvalue weighted by Gasteiger charge is -2.10. The van der Waals surface area contributed by atoms with Crippen molar-refractivity contribution in [2.75, 3.05) is 5.32 Å². The molecule has 0 atom stereocenters. The largest absolute Gasteiger partial charge is 0.317 e. The standard InChI is InChI=1S/C12H16IN3OS/c1-7(2)6-11(17)16-12(18)15-10-5-4-9(13)8(3)14-10/h4-5,7H,6H2,1-3H3,(H2,14,15,16,17,18). The Hall–Kier alpha value is -0.760. The molecule has 0 bridgehead atoms. The van der Waals surface area contributed by atoms with Gasteiger partial charge in [0.05, 0.1) is 5.69 Å². The number of anilines is 1. The third-order valence-corrected chi connectivity index (χ3v) is 3.45. The molecule has 0 saturated heterocycles. The third kappa shape index (κ3) is 5.26. The first kappa shape index (κ1) is 15.3. The molecule has 0 aliphatic heterocycles. The second-order valence-electron chi connectivity index (χ2n) is 4.36. The zero-order chi connectivity index (χ0) is 13.7. The van der Waals surface area contributed by atoms with Gasteiger partial charge in [0, 0.05) is 9.99 Å². The van der Waals surface area contributed by atoms with Crippen molar-refractivity contribution in [1.29, 1.82) is 0 Å². The summed E-state index contributed by atoms with van der Waals surface area (Å²) in [5.74, 6) is 0.874. The van der Waals surface area contributed by atoms with Crippen LogP contribution in [0.4, 0.5) is 5.82 Å². The summed E-state index contributed by atoms with van der Waals surface area (Å²) in [6.45, 7) is 5.90. The molecule has 1 aromatic rings. The minimum atomic E-state index is -0.0790.